The van der Waals surface area contributed by atoms with Crippen LogP contribution in [-0.4, -0.2) is 42.2 Å². The zero-order valence-corrected chi connectivity index (χ0v) is 9.27. The minimum Gasteiger partial charge on any atom is -0.379 e. The van der Waals surface area contributed by atoms with Crippen molar-refractivity contribution in [3.8, 4) is 0 Å². The van der Waals surface area contributed by atoms with Crippen molar-refractivity contribution in [2.75, 3.05) is 31.6 Å². The van der Waals surface area contributed by atoms with Gasteiger partial charge in [0.1, 0.15) is 0 Å². The Morgan fingerprint density at radius 3 is 2.38 bits per heavy atom. The largest absolute Gasteiger partial charge is 0.379 e. The number of amides is 1. The Morgan fingerprint density at radius 1 is 1.38 bits per heavy atom. The van der Waals surface area contributed by atoms with Gasteiger partial charge in [0.2, 0.25) is 11.9 Å². The average Bonchev–Trinajstić information content (AvgIpc) is 2.32. The van der Waals surface area contributed by atoms with Crippen molar-refractivity contribution in [1.82, 2.24) is 15.3 Å². The molecule has 0 radical (unpaired) electrons. The maximum atomic E-state index is 10.4. The van der Waals surface area contributed by atoms with Crippen LogP contribution in [-0.2, 0) is 9.53 Å². The summed E-state index contributed by atoms with van der Waals surface area (Å²) in [6, 6.07) is 1.69. The molecule has 0 aliphatic carbocycles. The molecule has 0 atom stereocenters. The zero-order valence-electron chi connectivity index (χ0n) is 9.27. The minimum absolute atomic E-state index is 0.161. The minimum atomic E-state index is -0.161. The molecule has 6 nitrogen and oxygen atoms in total. The van der Waals surface area contributed by atoms with E-state index >= 15 is 0 Å². The van der Waals surface area contributed by atoms with E-state index in [2.05, 4.69) is 20.6 Å². The Labute approximate surface area is 94.4 Å². The van der Waals surface area contributed by atoms with E-state index in [1.807, 2.05) is 0 Å². The Balaban J connectivity index is 0.000000181. The van der Waals surface area contributed by atoms with Crippen LogP contribution in [0.15, 0.2) is 18.5 Å². The van der Waals surface area contributed by atoms with Crippen LogP contribution >= 0.6 is 0 Å². The standard InChI is InChI=1S/C6H7N3O.C4H9NO/c1-5(10)9-6-7-3-2-4-8-6;1-3-6-4-2-5-1/h2-4H,1H3,(H,7,8,9,10);5H,1-4H2. The number of anilines is 1. The van der Waals surface area contributed by atoms with E-state index in [9.17, 15) is 4.79 Å². The van der Waals surface area contributed by atoms with Crippen LogP contribution in [0.1, 0.15) is 6.92 Å². The van der Waals surface area contributed by atoms with Crippen molar-refractivity contribution >= 4 is 11.9 Å². The molecule has 1 saturated heterocycles. The Hall–Kier alpha value is -1.53. The van der Waals surface area contributed by atoms with Gasteiger partial charge in [-0.1, -0.05) is 0 Å². The normalized spacial score (nSPS) is 14.6. The molecule has 1 fully saturated rings. The van der Waals surface area contributed by atoms with Crippen LogP contribution in [0.3, 0.4) is 0 Å². The maximum absolute atomic E-state index is 10.4. The molecule has 0 saturated carbocycles. The Kier molecular flexibility index (Phi) is 6.05. The molecule has 2 rings (SSSR count). The average molecular weight is 224 g/mol. The van der Waals surface area contributed by atoms with Crippen LogP contribution < -0.4 is 10.6 Å². The van der Waals surface area contributed by atoms with Gasteiger partial charge in [0, 0.05) is 32.4 Å². The number of hydrogen-bond donors (Lipinski definition) is 2. The van der Waals surface area contributed by atoms with Crippen LogP contribution in [0.5, 0.6) is 0 Å². The zero-order chi connectivity index (χ0) is 11.6. The van der Waals surface area contributed by atoms with Crippen molar-refractivity contribution in [2.45, 2.75) is 6.92 Å². The molecule has 1 aliphatic rings. The summed E-state index contributed by atoms with van der Waals surface area (Å²) < 4.78 is 5.01. The molecule has 6 heteroatoms. The van der Waals surface area contributed by atoms with Crippen molar-refractivity contribution in [2.24, 2.45) is 0 Å². The highest BCUT2D eigenvalue weighted by atomic mass is 16.5. The summed E-state index contributed by atoms with van der Waals surface area (Å²) in [5.41, 5.74) is 0. The molecule has 0 aromatic carbocycles. The lowest BCUT2D eigenvalue weighted by molar-refractivity contribution is -0.114. The Morgan fingerprint density at radius 2 is 2.00 bits per heavy atom. The van der Waals surface area contributed by atoms with Gasteiger partial charge in [-0.3, -0.25) is 10.1 Å². The number of carbonyl (C=O) groups is 1. The lowest BCUT2D eigenvalue weighted by Gasteiger charge is -2.10. The second kappa shape index (κ2) is 7.72. The quantitative estimate of drug-likeness (QED) is 0.704. The van der Waals surface area contributed by atoms with E-state index in [-0.39, 0.29) is 5.91 Å². The van der Waals surface area contributed by atoms with Gasteiger partial charge in [-0.25, -0.2) is 9.97 Å². The smallest absolute Gasteiger partial charge is 0.229 e. The second-order valence-corrected chi connectivity index (χ2v) is 3.12. The molecule has 0 bridgehead atoms. The molecular weight excluding hydrogens is 208 g/mol. The van der Waals surface area contributed by atoms with Gasteiger partial charge in [0.15, 0.2) is 0 Å². The number of aromatic nitrogens is 2. The first kappa shape index (κ1) is 12.5. The molecule has 16 heavy (non-hydrogen) atoms. The van der Waals surface area contributed by atoms with E-state index < -0.39 is 0 Å². The first-order chi connectivity index (χ1) is 7.79. The van der Waals surface area contributed by atoms with E-state index in [4.69, 9.17) is 4.74 Å². The number of ether oxygens (including phenoxy) is 1. The fourth-order valence-electron chi connectivity index (χ4n) is 1.04. The van der Waals surface area contributed by atoms with E-state index in [1.165, 1.54) is 6.92 Å². The lowest BCUT2D eigenvalue weighted by atomic mass is 10.5. The maximum Gasteiger partial charge on any atom is 0.229 e. The van der Waals surface area contributed by atoms with Gasteiger partial charge in [0.25, 0.3) is 0 Å². The van der Waals surface area contributed by atoms with E-state index in [1.54, 1.807) is 18.5 Å². The summed E-state index contributed by atoms with van der Waals surface area (Å²) in [4.78, 5) is 18.0. The number of morpholine rings is 1. The van der Waals surface area contributed by atoms with Gasteiger partial charge < -0.3 is 10.1 Å². The highest BCUT2D eigenvalue weighted by molar-refractivity contribution is 5.86. The number of rotatable bonds is 1. The monoisotopic (exact) mass is 224 g/mol. The van der Waals surface area contributed by atoms with Crippen molar-refractivity contribution in [1.29, 1.82) is 0 Å². The molecule has 2 heterocycles. The number of carbonyl (C=O) groups excluding carboxylic acids is 1. The molecule has 1 aromatic rings. The highest BCUT2D eigenvalue weighted by Gasteiger charge is 1.93. The third-order valence-corrected chi connectivity index (χ3v) is 1.70. The molecule has 88 valence electrons. The summed E-state index contributed by atoms with van der Waals surface area (Å²) in [6.45, 7) is 5.25. The van der Waals surface area contributed by atoms with Crippen LogP contribution in [0.2, 0.25) is 0 Å². The fraction of sp³-hybridized carbons (Fsp3) is 0.500. The molecule has 1 aromatic heterocycles. The van der Waals surface area contributed by atoms with Crippen molar-refractivity contribution in [3.05, 3.63) is 18.5 Å². The summed E-state index contributed by atoms with van der Waals surface area (Å²) >= 11 is 0. The summed E-state index contributed by atoms with van der Waals surface area (Å²) in [6.07, 6.45) is 3.14. The van der Waals surface area contributed by atoms with Crippen LogP contribution in [0.4, 0.5) is 5.95 Å². The molecular formula is C10H16N4O2. The predicted molar refractivity (Wildman–Crippen MR) is 60.0 cm³/mol. The summed E-state index contributed by atoms with van der Waals surface area (Å²) in [7, 11) is 0. The fourth-order valence-corrected chi connectivity index (χ4v) is 1.04. The SMILES string of the molecule is C1COCCN1.CC(=O)Nc1ncccn1. The van der Waals surface area contributed by atoms with Gasteiger partial charge in [0.05, 0.1) is 13.2 Å². The van der Waals surface area contributed by atoms with Gasteiger partial charge >= 0.3 is 0 Å². The molecule has 0 spiro atoms. The second-order valence-electron chi connectivity index (χ2n) is 3.12. The van der Waals surface area contributed by atoms with Crippen LogP contribution in [0.25, 0.3) is 0 Å². The molecule has 2 N–H and O–H groups in total. The Bertz CT molecular complexity index is 289. The first-order valence-corrected chi connectivity index (χ1v) is 5.12. The topological polar surface area (TPSA) is 76.1 Å². The van der Waals surface area contributed by atoms with Crippen molar-refractivity contribution in [3.63, 3.8) is 0 Å². The molecule has 1 aliphatic heterocycles. The third-order valence-electron chi connectivity index (χ3n) is 1.70. The van der Waals surface area contributed by atoms with Crippen LogP contribution in [0, 0.1) is 0 Å². The van der Waals surface area contributed by atoms with E-state index in [0.29, 0.717) is 5.95 Å². The van der Waals surface area contributed by atoms with Gasteiger partial charge in [-0.2, -0.15) is 0 Å². The number of nitrogens with zero attached hydrogens (tertiary/aromatic N) is 2. The van der Waals surface area contributed by atoms with E-state index in [0.717, 1.165) is 26.3 Å². The third kappa shape index (κ3) is 6.05. The highest BCUT2D eigenvalue weighted by Crippen LogP contribution is 1.91. The predicted octanol–water partition coefficient (Wildman–Crippen LogP) is 0.0412. The number of nitrogens with one attached hydrogen (secondary N) is 2. The lowest BCUT2D eigenvalue weighted by Crippen LogP contribution is -2.30. The summed E-state index contributed by atoms with van der Waals surface area (Å²) in [5, 5.41) is 5.60. The van der Waals surface area contributed by atoms with Crippen molar-refractivity contribution < 1.29 is 9.53 Å². The first-order valence-electron chi connectivity index (χ1n) is 5.12. The number of hydrogen-bond acceptors (Lipinski definition) is 5. The molecule has 0 unspecified atom stereocenters. The molecule has 1 amide bonds. The van der Waals surface area contributed by atoms with Gasteiger partial charge in [-0.05, 0) is 6.07 Å². The van der Waals surface area contributed by atoms with Gasteiger partial charge in [-0.15, -0.1) is 0 Å². The summed E-state index contributed by atoms with van der Waals surface area (Å²) in [5.74, 6) is 0.182.